The van der Waals surface area contributed by atoms with Crippen molar-refractivity contribution in [2.45, 2.75) is 25.4 Å². The van der Waals surface area contributed by atoms with E-state index in [1.165, 1.54) is 11.1 Å². The second-order valence-electron chi connectivity index (χ2n) is 5.02. The lowest BCUT2D eigenvalue weighted by molar-refractivity contribution is -0.162. The van der Waals surface area contributed by atoms with Gasteiger partial charge in [-0.25, -0.2) is 0 Å². The Labute approximate surface area is 107 Å². The summed E-state index contributed by atoms with van der Waals surface area (Å²) >= 11 is 0. The van der Waals surface area contributed by atoms with Crippen molar-refractivity contribution in [1.82, 2.24) is 4.90 Å². The van der Waals surface area contributed by atoms with Gasteiger partial charge < -0.3 is 4.74 Å². The number of fused-ring (bicyclic) bond motifs is 1. The third kappa shape index (κ3) is 1.95. The molecule has 3 heteroatoms. The Balaban J connectivity index is 1.91. The summed E-state index contributed by atoms with van der Waals surface area (Å²) in [5, 5.41) is 0. The molecule has 1 aromatic carbocycles. The molecule has 2 aliphatic heterocycles. The van der Waals surface area contributed by atoms with Crippen molar-refractivity contribution >= 4 is 5.97 Å². The van der Waals surface area contributed by atoms with Crippen LogP contribution in [0.25, 0.3) is 0 Å². The molecule has 1 saturated heterocycles. The van der Waals surface area contributed by atoms with Crippen molar-refractivity contribution in [3.05, 3.63) is 47.5 Å². The second kappa shape index (κ2) is 4.58. The van der Waals surface area contributed by atoms with Crippen LogP contribution < -0.4 is 0 Å². The first-order chi connectivity index (χ1) is 8.75. The van der Waals surface area contributed by atoms with Crippen LogP contribution in [0.3, 0.4) is 0 Å². The number of carbonyl (C=O) groups is 1. The summed E-state index contributed by atoms with van der Waals surface area (Å²) in [4.78, 5) is 14.1. The summed E-state index contributed by atoms with van der Waals surface area (Å²) in [7, 11) is 0. The molecule has 1 fully saturated rings. The predicted molar refractivity (Wildman–Crippen MR) is 69.0 cm³/mol. The van der Waals surface area contributed by atoms with E-state index in [0.29, 0.717) is 6.61 Å². The van der Waals surface area contributed by atoms with Crippen LogP contribution in [0.15, 0.2) is 42.0 Å². The van der Waals surface area contributed by atoms with E-state index in [9.17, 15) is 4.79 Å². The maximum atomic E-state index is 11.9. The Hall–Kier alpha value is -1.61. The zero-order valence-electron chi connectivity index (χ0n) is 10.5. The van der Waals surface area contributed by atoms with E-state index in [0.717, 1.165) is 13.0 Å². The highest BCUT2D eigenvalue weighted by molar-refractivity contribution is 5.77. The SMILES string of the molecule is CC1=CCN2[C@@H](c3ccccc3)COC(=O)[C@@H]2C1. The van der Waals surface area contributed by atoms with Gasteiger partial charge >= 0.3 is 5.97 Å². The van der Waals surface area contributed by atoms with E-state index in [4.69, 9.17) is 4.74 Å². The molecule has 94 valence electrons. The highest BCUT2D eigenvalue weighted by atomic mass is 16.5. The molecule has 2 heterocycles. The zero-order chi connectivity index (χ0) is 12.5. The molecule has 0 amide bonds. The Morgan fingerprint density at radius 1 is 1.22 bits per heavy atom. The summed E-state index contributed by atoms with van der Waals surface area (Å²) in [6.45, 7) is 3.38. The normalized spacial score (nSPS) is 28.3. The van der Waals surface area contributed by atoms with Crippen LogP contribution in [0.5, 0.6) is 0 Å². The van der Waals surface area contributed by atoms with Gasteiger partial charge in [-0.1, -0.05) is 42.0 Å². The van der Waals surface area contributed by atoms with Crippen LogP contribution in [0.4, 0.5) is 0 Å². The first-order valence-electron chi connectivity index (χ1n) is 6.38. The third-order valence-corrected chi connectivity index (χ3v) is 3.81. The van der Waals surface area contributed by atoms with Crippen LogP contribution in [0.2, 0.25) is 0 Å². The van der Waals surface area contributed by atoms with Crippen LogP contribution in [0.1, 0.15) is 24.9 Å². The number of cyclic esters (lactones) is 1. The average molecular weight is 243 g/mol. The van der Waals surface area contributed by atoms with Crippen LogP contribution in [-0.2, 0) is 9.53 Å². The van der Waals surface area contributed by atoms with E-state index in [-0.39, 0.29) is 18.1 Å². The Kier molecular flexibility index (Phi) is 2.92. The van der Waals surface area contributed by atoms with Crippen LogP contribution in [-0.4, -0.2) is 30.1 Å². The summed E-state index contributed by atoms with van der Waals surface area (Å²) in [6.07, 6.45) is 3.01. The average Bonchev–Trinajstić information content (AvgIpc) is 2.41. The molecule has 0 saturated carbocycles. The minimum Gasteiger partial charge on any atom is -0.462 e. The molecule has 0 N–H and O–H groups in total. The van der Waals surface area contributed by atoms with Gasteiger partial charge in [0, 0.05) is 6.54 Å². The zero-order valence-corrected chi connectivity index (χ0v) is 10.5. The van der Waals surface area contributed by atoms with Crippen molar-refractivity contribution in [2.75, 3.05) is 13.2 Å². The number of benzene rings is 1. The van der Waals surface area contributed by atoms with Crippen molar-refractivity contribution in [1.29, 1.82) is 0 Å². The van der Waals surface area contributed by atoms with Crippen LogP contribution >= 0.6 is 0 Å². The number of hydrogen-bond acceptors (Lipinski definition) is 3. The van der Waals surface area contributed by atoms with Gasteiger partial charge in [-0.15, -0.1) is 0 Å². The molecule has 2 aliphatic rings. The Morgan fingerprint density at radius 3 is 2.78 bits per heavy atom. The summed E-state index contributed by atoms with van der Waals surface area (Å²) in [6, 6.07) is 10.4. The number of esters is 1. The topological polar surface area (TPSA) is 29.5 Å². The lowest BCUT2D eigenvalue weighted by Gasteiger charge is -2.42. The molecular weight excluding hydrogens is 226 g/mol. The first kappa shape index (κ1) is 11.5. The smallest absolute Gasteiger partial charge is 0.323 e. The highest BCUT2D eigenvalue weighted by Gasteiger charge is 2.39. The fraction of sp³-hybridized carbons (Fsp3) is 0.400. The second-order valence-corrected chi connectivity index (χ2v) is 5.02. The molecule has 0 aliphatic carbocycles. The maximum Gasteiger partial charge on any atom is 0.323 e. The lowest BCUT2D eigenvalue weighted by atomic mass is 9.95. The summed E-state index contributed by atoms with van der Waals surface area (Å²) in [5.74, 6) is -0.0744. The first-order valence-corrected chi connectivity index (χ1v) is 6.38. The molecule has 0 spiro atoms. The Bertz CT molecular complexity index is 481. The molecular formula is C15H17NO2. The van der Waals surface area contributed by atoms with E-state index >= 15 is 0 Å². The molecule has 0 radical (unpaired) electrons. The molecule has 1 aromatic rings. The lowest BCUT2D eigenvalue weighted by Crippen LogP contribution is -2.52. The molecule has 3 nitrogen and oxygen atoms in total. The minimum atomic E-state index is -0.103. The van der Waals surface area contributed by atoms with Gasteiger partial charge in [0.15, 0.2) is 0 Å². The number of ether oxygens (including phenoxy) is 1. The van der Waals surface area contributed by atoms with Crippen molar-refractivity contribution < 1.29 is 9.53 Å². The van der Waals surface area contributed by atoms with E-state index in [1.54, 1.807) is 0 Å². The van der Waals surface area contributed by atoms with E-state index in [2.05, 4.69) is 30.0 Å². The number of hydrogen-bond donors (Lipinski definition) is 0. The van der Waals surface area contributed by atoms with E-state index < -0.39 is 0 Å². The number of rotatable bonds is 1. The van der Waals surface area contributed by atoms with Gasteiger partial charge in [0.2, 0.25) is 0 Å². The monoisotopic (exact) mass is 243 g/mol. The van der Waals surface area contributed by atoms with Gasteiger partial charge in [0.25, 0.3) is 0 Å². The van der Waals surface area contributed by atoms with Gasteiger partial charge in [-0.05, 0) is 18.9 Å². The number of morpholine rings is 1. The van der Waals surface area contributed by atoms with Crippen molar-refractivity contribution in [3.8, 4) is 0 Å². The van der Waals surface area contributed by atoms with Gasteiger partial charge in [-0.2, -0.15) is 0 Å². The molecule has 18 heavy (non-hydrogen) atoms. The number of nitrogens with zero attached hydrogens (tertiary/aromatic N) is 1. The molecule has 0 aromatic heterocycles. The molecule has 0 bridgehead atoms. The fourth-order valence-corrected chi connectivity index (χ4v) is 2.77. The molecule has 0 unspecified atom stereocenters. The minimum absolute atomic E-state index is 0.0744. The molecule has 2 atom stereocenters. The largest absolute Gasteiger partial charge is 0.462 e. The van der Waals surface area contributed by atoms with Crippen LogP contribution in [0, 0.1) is 0 Å². The fourth-order valence-electron chi connectivity index (χ4n) is 2.77. The standard InChI is InChI=1S/C15H17NO2/c1-11-7-8-16-13(9-11)15(17)18-10-14(16)12-5-3-2-4-6-12/h2-7,13-14H,8-10H2,1H3/t13-,14+/m0/s1. The number of carbonyl (C=O) groups excluding carboxylic acids is 1. The maximum absolute atomic E-state index is 11.9. The highest BCUT2D eigenvalue weighted by Crippen LogP contribution is 2.32. The third-order valence-electron chi connectivity index (χ3n) is 3.81. The van der Waals surface area contributed by atoms with Gasteiger partial charge in [0.05, 0.1) is 6.04 Å². The quantitative estimate of drug-likeness (QED) is 0.560. The Morgan fingerprint density at radius 2 is 2.00 bits per heavy atom. The van der Waals surface area contributed by atoms with Crippen molar-refractivity contribution in [3.63, 3.8) is 0 Å². The van der Waals surface area contributed by atoms with Gasteiger partial charge in [0.1, 0.15) is 12.6 Å². The summed E-state index contributed by atoms with van der Waals surface area (Å²) < 4.78 is 5.35. The van der Waals surface area contributed by atoms with E-state index in [1.807, 2.05) is 18.2 Å². The molecule has 3 rings (SSSR count). The predicted octanol–water partition coefficient (Wildman–Crippen LogP) is 2.31. The summed E-state index contributed by atoms with van der Waals surface area (Å²) in [5.41, 5.74) is 2.50. The van der Waals surface area contributed by atoms with Crippen molar-refractivity contribution in [2.24, 2.45) is 0 Å². The van der Waals surface area contributed by atoms with Gasteiger partial charge in [-0.3, -0.25) is 9.69 Å².